The van der Waals surface area contributed by atoms with Crippen LogP contribution in [0.5, 0.6) is 0 Å². The molecule has 3 fully saturated rings. The van der Waals surface area contributed by atoms with Gasteiger partial charge in [0.2, 0.25) is 0 Å². The smallest absolute Gasteiger partial charge is 0.175 e. The zero-order chi connectivity index (χ0) is 11.2. The highest BCUT2D eigenvalue weighted by Crippen LogP contribution is 2.37. The maximum atomic E-state index is 5.99. The maximum absolute atomic E-state index is 5.99. The highest BCUT2D eigenvalue weighted by atomic mass is 16.7. The van der Waals surface area contributed by atoms with Crippen molar-refractivity contribution in [3.8, 4) is 0 Å². The van der Waals surface area contributed by atoms with Gasteiger partial charge in [0.05, 0.1) is 25.3 Å². The van der Waals surface area contributed by atoms with Gasteiger partial charge in [-0.25, -0.2) is 0 Å². The summed E-state index contributed by atoms with van der Waals surface area (Å²) in [5, 5.41) is 3.37. The van der Waals surface area contributed by atoms with Crippen molar-refractivity contribution in [2.45, 2.75) is 37.2 Å². The fourth-order valence-corrected chi connectivity index (χ4v) is 2.72. The van der Waals surface area contributed by atoms with Crippen LogP contribution in [0.25, 0.3) is 0 Å². The summed E-state index contributed by atoms with van der Waals surface area (Å²) in [5.74, 6) is 0. The Balaban J connectivity index is 1.43. The van der Waals surface area contributed by atoms with E-state index in [4.69, 9.17) is 14.2 Å². The molecule has 0 aromatic heterocycles. The molecule has 3 aliphatic rings. The molecule has 1 aromatic carbocycles. The third kappa shape index (κ3) is 1.68. The number of nitrogens with one attached hydrogen (secondary N) is 1. The molecule has 4 heteroatoms. The molecule has 5 atom stereocenters. The Morgan fingerprint density at radius 1 is 1.24 bits per heavy atom. The van der Waals surface area contributed by atoms with Gasteiger partial charge in [-0.3, -0.25) is 0 Å². The number of hydrogen-bond acceptors (Lipinski definition) is 4. The van der Waals surface area contributed by atoms with Crippen LogP contribution in [0, 0.1) is 0 Å². The zero-order valence-electron chi connectivity index (χ0n) is 9.41. The van der Waals surface area contributed by atoms with Gasteiger partial charge in [-0.2, -0.15) is 0 Å². The van der Waals surface area contributed by atoms with Crippen molar-refractivity contribution in [3.63, 3.8) is 0 Å². The van der Waals surface area contributed by atoms with Crippen LogP contribution in [0.3, 0.4) is 0 Å². The molecule has 3 saturated heterocycles. The molecule has 90 valence electrons. The first-order valence-electron chi connectivity index (χ1n) is 6.10. The van der Waals surface area contributed by atoms with E-state index in [1.165, 1.54) is 5.56 Å². The monoisotopic (exact) mass is 233 g/mol. The number of benzene rings is 1. The largest absolute Gasteiger partial charge is 0.369 e. The second kappa shape index (κ2) is 3.78. The van der Waals surface area contributed by atoms with Gasteiger partial charge in [0.1, 0.15) is 12.2 Å². The summed E-state index contributed by atoms with van der Waals surface area (Å²) in [6.45, 7) is 1.31. The topological polar surface area (TPSA) is 49.6 Å². The van der Waals surface area contributed by atoms with Crippen LogP contribution in [0.4, 0.5) is 0 Å². The maximum Gasteiger partial charge on any atom is 0.175 e. The van der Waals surface area contributed by atoms with E-state index in [1.807, 2.05) is 18.2 Å². The minimum Gasteiger partial charge on any atom is -0.369 e. The fraction of sp³-hybridized carbons (Fsp3) is 0.538. The van der Waals surface area contributed by atoms with Crippen LogP contribution in [0.2, 0.25) is 0 Å². The van der Waals surface area contributed by atoms with Crippen molar-refractivity contribution < 1.29 is 14.2 Å². The van der Waals surface area contributed by atoms with Gasteiger partial charge >= 0.3 is 0 Å². The predicted molar refractivity (Wildman–Crippen MR) is 60.3 cm³/mol. The molecule has 0 radical (unpaired) electrons. The predicted octanol–water partition coefficient (Wildman–Crippen LogP) is 0.667. The summed E-state index contributed by atoms with van der Waals surface area (Å²) in [4.78, 5) is 0. The zero-order valence-corrected chi connectivity index (χ0v) is 9.41. The van der Waals surface area contributed by atoms with E-state index < -0.39 is 0 Å². The molecule has 4 nitrogen and oxygen atoms in total. The lowest BCUT2D eigenvalue weighted by Gasteiger charge is -2.25. The van der Waals surface area contributed by atoms with E-state index >= 15 is 0 Å². The Labute approximate surface area is 99.9 Å². The van der Waals surface area contributed by atoms with E-state index in [9.17, 15) is 0 Å². The van der Waals surface area contributed by atoms with Gasteiger partial charge in [0, 0.05) is 0 Å². The first-order valence-corrected chi connectivity index (χ1v) is 6.10. The number of rotatable bonds is 3. The minimum atomic E-state index is -0.0402. The highest BCUT2D eigenvalue weighted by Gasteiger charge is 2.59. The van der Waals surface area contributed by atoms with Gasteiger partial charge in [-0.05, 0) is 5.56 Å². The van der Waals surface area contributed by atoms with E-state index in [2.05, 4.69) is 17.4 Å². The van der Waals surface area contributed by atoms with Gasteiger partial charge in [0.15, 0.2) is 6.29 Å². The van der Waals surface area contributed by atoms with Crippen LogP contribution in [-0.2, 0) is 20.8 Å². The summed E-state index contributed by atoms with van der Waals surface area (Å²) in [6.07, 6.45) is 0.181. The Morgan fingerprint density at radius 3 is 3.00 bits per heavy atom. The SMILES string of the molecule is c1ccc(CO[C@H]2[C@H]3N[C@H]3[C@@H]3OC[C@H]2O3)cc1. The van der Waals surface area contributed by atoms with E-state index in [1.54, 1.807) is 0 Å². The normalized spacial score (nSPS) is 42.2. The molecule has 0 spiro atoms. The summed E-state index contributed by atoms with van der Waals surface area (Å²) in [5.41, 5.74) is 1.20. The third-order valence-electron chi connectivity index (χ3n) is 3.70. The fourth-order valence-electron chi connectivity index (χ4n) is 2.72. The summed E-state index contributed by atoms with van der Waals surface area (Å²) >= 11 is 0. The molecule has 1 N–H and O–H groups in total. The lowest BCUT2D eigenvalue weighted by molar-refractivity contribution is -0.121. The Hall–Kier alpha value is -0.940. The van der Waals surface area contributed by atoms with E-state index in [0.717, 1.165) is 0 Å². The van der Waals surface area contributed by atoms with Crippen molar-refractivity contribution in [2.24, 2.45) is 0 Å². The first kappa shape index (κ1) is 10.0. The van der Waals surface area contributed by atoms with Crippen LogP contribution in [-0.4, -0.2) is 37.2 Å². The molecule has 0 aliphatic carbocycles. The molecule has 4 rings (SSSR count). The molecule has 1 aromatic rings. The molecule has 3 aliphatic heterocycles. The van der Waals surface area contributed by atoms with E-state index in [0.29, 0.717) is 25.3 Å². The summed E-state index contributed by atoms with van der Waals surface area (Å²) in [6, 6.07) is 11.0. The number of hydrogen-bond donors (Lipinski definition) is 1. The second-order valence-corrected chi connectivity index (χ2v) is 4.86. The van der Waals surface area contributed by atoms with Gasteiger partial charge < -0.3 is 19.5 Å². The minimum absolute atomic E-state index is 0.0402. The van der Waals surface area contributed by atoms with Crippen molar-refractivity contribution in [1.29, 1.82) is 0 Å². The molecule has 0 unspecified atom stereocenters. The van der Waals surface area contributed by atoms with Gasteiger partial charge in [-0.1, -0.05) is 30.3 Å². The lowest BCUT2D eigenvalue weighted by atomic mass is 10.1. The lowest BCUT2D eigenvalue weighted by Crippen LogP contribution is -2.41. The Kier molecular flexibility index (Phi) is 2.23. The van der Waals surface area contributed by atoms with Crippen LogP contribution < -0.4 is 5.32 Å². The number of fused-ring (bicyclic) bond motifs is 4. The van der Waals surface area contributed by atoms with E-state index in [-0.39, 0.29) is 18.5 Å². The quantitative estimate of drug-likeness (QED) is 0.779. The van der Waals surface area contributed by atoms with Crippen LogP contribution >= 0.6 is 0 Å². The van der Waals surface area contributed by atoms with Crippen molar-refractivity contribution in [1.82, 2.24) is 5.32 Å². The average Bonchev–Trinajstić information content (AvgIpc) is 3.05. The average molecular weight is 233 g/mol. The van der Waals surface area contributed by atoms with Gasteiger partial charge in [0.25, 0.3) is 0 Å². The van der Waals surface area contributed by atoms with Crippen molar-refractivity contribution >= 4 is 0 Å². The standard InChI is InChI=1S/C13H15NO3/c1-2-4-8(5-3-1)6-15-12-9-7-16-13(17-9)11-10(12)14-11/h1-5,9-14H,6-7H2/t9-,10+,11-,12-,13-/m1/s1. The number of ether oxygens (including phenoxy) is 3. The summed E-state index contributed by atoms with van der Waals surface area (Å²) < 4.78 is 17.3. The first-order chi connectivity index (χ1) is 8.42. The third-order valence-corrected chi connectivity index (χ3v) is 3.70. The molecule has 3 heterocycles. The summed E-state index contributed by atoms with van der Waals surface area (Å²) in [7, 11) is 0. The van der Waals surface area contributed by atoms with Crippen molar-refractivity contribution in [3.05, 3.63) is 35.9 Å². The molecular weight excluding hydrogens is 218 g/mol. The molecule has 0 saturated carbocycles. The molecular formula is C13H15NO3. The molecule has 17 heavy (non-hydrogen) atoms. The van der Waals surface area contributed by atoms with Crippen molar-refractivity contribution in [2.75, 3.05) is 6.61 Å². The van der Waals surface area contributed by atoms with Gasteiger partial charge in [-0.15, -0.1) is 0 Å². The highest BCUT2D eigenvalue weighted by molar-refractivity contribution is 5.15. The Morgan fingerprint density at radius 2 is 2.12 bits per heavy atom. The molecule has 2 bridgehead atoms. The van der Waals surface area contributed by atoms with Crippen LogP contribution in [0.1, 0.15) is 5.56 Å². The Bertz CT molecular complexity index is 410. The molecule has 0 amide bonds. The van der Waals surface area contributed by atoms with Crippen LogP contribution in [0.15, 0.2) is 30.3 Å². The second-order valence-electron chi connectivity index (χ2n) is 4.86.